The van der Waals surface area contributed by atoms with E-state index in [1.165, 1.54) is 0 Å². The normalized spacial score (nSPS) is 13.3. The first kappa shape index (κ1) is 16.9. The number of carbonyl (C=O) groups excluding carboxylic acids is 1. The number of nitrogens with two attached hydrogens (primary N) is 1. The predicted octanol–water partition coefficient (Wildman–Crippen LogP) is 1.39. The molecule has 0 fully saturated rings. The lowest BCUT2D eigenvalue weighted by atomic mass is 10.0. The molecule has 0 saturated heterocycles. The minimum atomic E-state index is -0.552. The van der Waals surface area contributed by atoms with Gasteiger partial charge >= 0.3 is 0 Å². The van der Waals surface area contributed by atoms with E-state index in [4.69, 9.17) is 5.73 Å². The summed E-state index contributed by atoms with van der Waals surface area (Å²) in [6, 6.07) is 9.36. The number of hydrogen-bond acceptors (Lipinski definition) is 3. The van der Waals surface area contributed by atoms with Gasteiger partial charge in [0.1, 0.15) is 0 Å². The largest absolute Gasteiger partial charge is 0.388 e. The van der Waals surface area contributed by atoms with Crippen LogP contribution in [0.15, 0.2) is 30.3 Å². The molecule has 0 spiro atoms. The molecule has 0 saturated carbocycles. The molecule has 2 atom stereocenters. The van der Waals surface area contributed by atoms with Crippen molar-refractivity contribution in [3.63, 3.8) is 0 Å². The molecule has 0 radical (unpaired) electrons. The number of hydrogen-bond donors (Lipinski definition) is 3. The fraction of sp³-hybridized carbons (Fsp3) is 0.462. The van der Waals surface area contributed by atoms with Gasteiger partial charge in [-0.25, -0.2) is 0 Å². The summed E-state index contributed by atoms with van der Waals surface area (Å²) in [4.78, 5) is 11.3. The van der Waals surface area contributed by atoms with E-state index in [1.807, 2.05) is 37.3 Å². The Kier molecular flexibility index (Phi) is 8.37. The molecule has 1 rings (SSSR count). The number of aliphatic hydroxyl groups is 1. The summed E-state index contributed by atoms with van der Waals surface area (Å²) in [7, 11) is 0. The molecule has 0 heterocycles. The zero-order valence-electron chi connectivity index (χ0n) is 10.5. The average molecular weight is 273 g/mol. The molecule has 102 valence electrons. The first-order valence-electron chi connectivity index (χ1n) is 5.86. The van der Waals surface area contributed by atoms with Crippen molar-refractivity contribution in [2.75, 3.05) is 6.54 Å². The molecule has 0 aromatic heterocycles. The topological polar surface area (TPSA) is 75.3 Å². The van der Waals surface area contributed by atoms with Crippen LogP contribution < -0.4 is 11.1 Å². The minimum Gasteiger partial charge on any atom is -0.388 e. The number of amides is 1. The fourth-order valence-electron chi connectivity index (χ4n) is 1.68. The fourth-order valence-corrected chi connectivity index (χ4v) is 1.68. The smallest absolute Gasteiger partial charge is 0.221 e. The number of nitrogens with one attached hydrogen (secondary N) is 1. The number of aliphatic hydroxyl groups excluding tert-OH is 1. The molecule has 0 aliphatic carbocycles. The van der Waals surface area contributed by atoms with Gasteiger partial charge in [-0.3, -0.25) is 4.79 Å². The molecule has 0 aliphatic heterocycles. The molecule has 0 bridgehead atoms. The Morgan fingerprint density at radius 2 is 2.00 bits per heavy atom. The molecule has 2 unspecified atom stereocenters. The highest BCUT2D eigenvalue weighted by Crippen LogP contribution is 2.17. The number of halogens is 1. The maximum absolute atomic E-state index is 11.3. The Balaban J connectivity index is 0.00000289. The molecule has 18 heavy (non-hydrogen) atoms. The number of benzene rings is 1. The van der Waals surface area contributed by atoms with Crippen LogP contribution >= 0.6 is 12.4 Å². The van der Waals surface area contributed by atoms with Crippen molar-refractivity contribution in [1.82, 2.24) is 5.32 Å². The summed E-state index contributed by atoms with van der Waals surface area (Å²) in [5.41, 5.74) is 6.16. The Labute approximate surface area is 114 Å². The minimum absolute atomic E-state index is 0. The van der Waals surface area contributed by atoms with Crippen molar-refractivity contribution in [2.45, 2.75) is 31.9 Å². The Morgan fingerprint density at radius 1 is 1.39 bits per heavy atom. The van der Waals surface area contributed by atoms with Gasteiger partial charge in [0.15, 0.2) is 0 Å². The van der Waals surface area contributed by atoms with Gasteiger partial charge in [-0.1, -0.05) is 30.3 Å². The van der Waals surface area contributed by atoms with E-state index in [0.29, 0.717) is 19.4 Å². The van der Waals surface area contributed by atoms with Crippen LogP contribution in [0, 0.1) is 0 Å². The molecule has 1 amide bonds. The second kappa shape index (κ2) is 8.91. The number of rotatable bonds is 6. The molecule has 1 aromatic carbocycles. The third kappa shape index (κ3) is 6.00. The van der Waals surface area contributed by atoms with E-state index in [0.717, 1.165) is 5.56 Å². The lowest BCUT2D eigenvalue weighted by molar-refractivity contribution is -0.121. The van der Waals surface area contributed by atoms with Crippen molar-refractivity contribution < 1.29 is 9.90 Å². The molecular formula is C13H21ClN2O2. The van der Waals surface area contributed by atoms with Crippen LogP contribution in [-0.2, 0) is 4.79 Å². The Hall–Kier alpha value is -1.10. The van der Waals surface area contributed by atoms with E-state index in [1.54, 1.807) is 0 Å². The second-order valence-electron chi connectivity index (χ2n) is 4.17. The highest BCUT2D eigenvalue weighted by atomic mass is 35.5. The van der Waals surface area contributed by atoms with Gasteiger partial charge in [0.25, 0.3) is 0 Å². The van der Waals surface area contributed by atoms with Gasteiger partial charge in [-0.2, -0.15) is 0 Å². The second-order valence-corrected chi connectivity index (χ2v) is 4.17. The molecule has 5 heteroatoms. The summed E-state index contributed by atoms with van der Waals surface area (Å²) >= 11 is 0. The molecular weight excluding hydrogens is 252 g/mol. The van der Waals surface area contributed by atoms with Crippen molar-refractivity contribution in [3.8, 4) is 0 Å². The van der Waals surface area contributed by atoms with Gasteiger partial charge in [0, 0.05) is 19.0 Å². The highest BCUT2D eigenvalue weighted by molar-refractivity contribution is 5.85. The third-order valence-electron chi connectivity index (χ3n) is 2.54. The van der Waals surface area contributed by atoms with Crippen molar-refractivity contribution in [2.24, 2.45) is 5.73 Å². The third-order valence-corrected chi connectivity index (χ3v) is 2.54. The van der Waals surface area contributed by atoms with Gasteiger partial charge in [0.05, 0.1) is 6.10 Å². The van der Waals surface area contributed by atoms with E-state index in [-0.39, 0.29) is 24.4 Å². The SMILES string of the molecule is CC(CC(O)c1ccccc1)NC(=O)CCN.Cl. The lowest BCUT2D eigenvalue weighted by Gasteiger charge is -2.18. The van der Waals surface area contributed by atoms with E-state index in [2.05, 4.69) is 5.32 Å². The van der Waals surface area contributed by atoms with E-state index in [9.17, 15) is 9.90 Å². The van der Waals surface area contributed by atoms with Crippen LogP contribution in [0.5, 0.6) is 0 Å². The molecule has 4 N–H and O–H groups in total. The van der Waals surface area contributed by atoms with E-state index < -0.39 is 6.10 Å². The standard InChI is InChI=1S/C13H20N2O2.ClH/c1-10(15-13(17)7-8-14)9-12(16)11-5-3-2-4-6-11;/h2-6,10,12,16H,7-9,14H2,1H3,(H,15,17);1H. The summed E-state index contributed by atoms with van der Waals surface area (Å²) in [6.07, 6.45) is 0.274. The number of carbonyl (C=O) groups is 1. The first-order chi connectivity index (χ1) is 8.13. The summed E-state index contributed by atoms with van der Waals surface area (Å²) in [6.45, 7) is 2.22. The van der Waals surface area contributed by atoms with Crippen LogP contribution in [0.2, 0.25) is 0 Å². The van der Waals surface area contributed by atoms with Crippen LogP contribution in [0.25, 0.3) is 0 Å². The maximum Gasteiger partial charge on any atom is 0.221 e. The van der Waals surface area contributed by atoms with Crippen LogP contribution in [0.1, 0.15) is 31.4 Å². The first-order valence-corrected chi connectivity index (χ1v) is 5.86. The Bertz CT molecular complexity index is 346. The van der Waals surface area contributed by atoms with Crippen molar-refractivity contribution in [1.29, 1.82) is 0 Å². The maximum atomic E-state index is 11.3. The van der Waals surface area contributed by atoms with Gasteiger partial charge in [-0.15, -0.1) is 12.4 Å². The van der Waals surface area contributed by atoms with Crippen LogP contribution in [-0.4, -0.2) is 23.6 Å². The van der Waals surface area contributed by atoms with Gasteiger partial charge < -0.3 is 16.2 Å². The molecule has 1 aromatic rings. The summed E-state index contributed by atoms with van der Waals surface area (Å²) in [5.74, 6) is -0.0692. The summed E-state index contributed by atoms with van der Waals surface area (Å²) < 4.78 is 0. The zero-order valence-corrected chi connectivity index (χ0v) is 11.3. The summed E-state index contributed by atoms with van der Waals surface area (Å²) in [5, 5.41) is 12.8. The lowest BCUT2D eigenvalue weighted by Crippen LogP contribution is -2.34. The Morgan fingerprint density at radius 3 is 2.56 bits per heavy atom. The van der Waals surface area contributed by atoms with Crippen molar-refractivity contribution in [3.05, 3.63) is 35.9 Å². The zero-order chi connectivity index (χ0) is 12.7. The molecule has 0 aliphatic rings. The highest BCUT2D eigenvalue weighted by Gasteiger charge is 2.13. The molecule has 4 nitrogen and oxygen atoms in total. The van der Waals surface area contributed by atoms with Crippen LogP contribution in [0.4, 0.5) is 0 Å². The quantitative estimate of drug-likeness (QED) is 0.732. The average Bonchev–Trinajstić information content (AvgIpc) is 2.30. The van der Waals surface area contributed by atoms with Gasteiger partial charge in [-0.05, 0) is 18.9 Å². The van der Waals surface area contributed by atoms with Crippen LogP contribution in [0.3, 0.4) is 0 Å². The van der Waals surface area contributed by atoms with Gasteiger partial charge in [0.2, 0.25) is 5.91 Å². The predicted molar refractivity (Wildman–Crippen MR) is 74.5 cm³/mol. The monoisotopic (exact) mass is 272 g/mol. The van der Waals surface area contributed by atoms with E-state index >= 15 is 0 Å². The van der Waals surface area contributed by atoms with Crippen molar-refractivity contribution >= 4 is 18.3 Å².